The Kier molecular flexibility index (Phi) is 12.2. The maximum atomic E-state index is 5.77. The molecule has 2 heteroatoms. The summed E-state index contributed by atoms with van der Waals surface area (Å²) in [5, 5.41) is 0. The molecular formula is C17H34OS. The SMILES string of the molecule is CCSCCCCCCCCCCC1CCCCO1. The smallest absolute Gasteiger partial charge is 0.0575 e. The maximum absolute atomic E-state index is 5.77. The Bertz CT molecular complexity index is 178. The molecule has 0 N–H and O–H groups in total. The molecule has 0 radical (unpaired) electrons. The lowest BCUT2D eigenvalue weighted by Crippen LogP contribution is -2.18. The lowest BCUT2D eigenvalue weighted by molar-refractivity contribution is 0.00977. The van der Waals surface area contributed by atoms with Gasteiger partial charge in [0.05, 0.1) is 6.10 Å². The molecule has 1 aliphatic rings. The average Bonchev–Trinajstić information content (AvgIpc) is 2.46. The van der Waals surface area contributed by atoms with Gasteiger partial charge in [-0.15, -0.1) is 0 Å². The van der Waals surface area contributed by atoms with Crippen LogP contribution in [-0.2, 0) is 4.74 Å². The standard InChI is InChI=1S/C17H34OS/c1-2-19-16-12-8-6-4-3-5-7-9-13-17-14-10-11-15-18-17/h17H,2-16H2,1H3. The number of hydrogen-bond acceptors (Lipinski definition) is 2. The highest BCUT2D eigenvalue weighted by atomic mass is 32.2. The molecule has 1 saturated heterocycles. The van der Waals surface area contributed by atoms with Gasteiger partial charge >= 0.3 is 0 Å². The zero-order chi connectivity index (χ0) is 13.6. The third kappa shape index (κ3) is 10.7. The van der Waals surface area contributed by atoms with Crippen LogP contribution in [0.4, 0.5) is 0 Å². The van der Waals surface area contributed by atoms with Crippen molar-refractivity contribution in [2.75, 3.05) is 18.1 Å². The molecule has 0 amide bonds. The summed E-state index contributed by atoms with van der Waals surface area (Å²) in [4.78, 5) is 0. The molecule has 1 nitrogen and oxygen atoms in total. The van der Waals surface area contributed by atoms with Crippen molar-refractivity contribution in [1.82, 2.24) is 0 Å². The quantitative estimate of drug-likeness (QED) is 0.418. The first kappa shape index (κ1) is 17.4. The number of ether oxygens (including phenoxy) is 1. The van der Waals surface area contributed by atoms with E-state index in [1.165, 1.54) is 88.6 Å². The maximum Gasteiger partial charge on any atom is 0.0575 e. The van der Waals surface area contributed by atoms with E-state index in [0.29, 0.717) is 6.10 Å². The van der Waals surface area contributed by atoms with Gasteiger partial charge in [-0.1, -0.05) is 51.9 Å². The van der Waals surface area contributed by atoms with Crippen molar-refractivity contribution in [1.29, 1.82) is 0 Å². The van der Waals surface area contributed by atoms with Crippen LogP contribution >= 0.6 is 11.8 Å². The number of hydrogen-bond donors (Lipinski definition) is 0. The van der Waals surface area contributed by atoms with Crippen molar-refractivity contribution in [2.24, 2.45) is 0 Å². The Morgan fingerprint density at radius 3 is 2.21 bits per heavy atom. The summed E-state index contributed by atoms with van der Waals surface area (Å²) in [7, 11) is 0. The number of rotatable bonds is 12. The Balaban J connectivity index is 1.71. The van der Waals surface area contributed by atoms with Gasteiger partial charge in [0.1, 0.15) is 0 Å². The van der Waals surface area contributed by atoms with Crippen LogP contribution in [0.25, 0.3) is 0 Å². The fourth-order valence-electron chi connectivity index (χ4n) is 2.82. The largest absolute Gasteiger partial charge is 0.378 e. The monoisotopic (exact) mass is 286 g/mol. The summed E-state index contributed by atoms with van der Waals surface area (Å²) in [5.74, 6) is 2.66. The van der Waals surface area contributed by atoms with Crippen LogP contribution in [0.2, 0.25) is 0 Å². The molecule has 1 atom stereocenters. The van der Waals surface area contributed by atoms with Crippen LogP contribution in [0.1, 0.15) is 84.0 Å². The molecule has 0 saturated carbocycles. The van der Waals surface area contributed by atoms with Crippen LogP contribution < -0.4 is 0 Å². The van der Waals surface area contributed by atoms with E-state index in [2.05, 4.69) is 18.7 Å². The van der Waals surface area contributed by atoms with Gasteiger partial charge in [-0.25, -0.2) is 0 Å². The predicted molar refractivity (Wildman–Crippen MR) is 88.1 cm³/mol. The van der Waals surface area contributed by atoms with Gasteiger partial charge in [0.2, 0.25) is 0 Å². The molecule has 0 aliphatic carbocycles. The molecule has 114 valence electrons. The highest BCUT2D eigenvalue weighted by molar-refractivity contribution is 7.99. The van der Waals surface area contributed by atoms with Gasteiger partial charge in [-0.2, -0.15) is 11.8 Å². The van der Waals surface area contributed by atoms with E-state index in [-0.39, 0.29) is 0 Å². The van der Waals surface area contributed by atoms with E-state index in [1.54, 1.807) is 0 Å². The number of thioether (sulfide) groups is 1. The Hall–Kier alpha value is 0.310. The molecule has 1 rings (SSSR count). The highest BCUT2D eigenvalue weighted by Gasteiger charge is 2.12. The summed E-state index contributed by atoms with van der Waals surface area (Å²) >= 11 is 2.08. The molecule has 1 unspecified atom stereocenters. The van der Waals surface area contributed by atoms with E-state index >= 15 is 0 Å². The Morgan fingerprint density at radius 2 is 1.58 bits per heavy atom. The minimum absolute atomic E-state index is 0.602. The van der Waals surface area contributed by atoms with Crippen molar-refractivity contribution < 1.29 is 4.74 Å². The van der Waals surface area contributed by atoms with Gasteiger partial charge in [-0.05, 0) is 43.6 Å². The van der Waals surface area contributed by atoms with Gasteiger partial charge in [0, 0.05) is 6.61 Å². The third-order valence-corrected chi connectivity index (χ3v) is 5.03. The second kappa shape index (κ2) is 13.3. The molecule has 0 aromatic carbocycles. The fourth-order valence-corrected chi connectivity index (χ4v) is 3.51. The Morgan fingerprint density at radius 1 is 0.895 bits per heavy atom. The highest BCUT2D eigenvalue weighted by Crippen LogP contribution is 2.19. The van der Waals surface area contributed by atoms with Crippen LogP contribution in [0.3, 0.4) is 0 Å². The number of unbranched alkanes of at least 4 members (excludes halogenated alkanes) is 7. The summed E-state index contributed by atoms with van der Waals surface area (Å²) in [6.45, 7) is 3.27. The summed E-state index contributed by atoms with van der Waals surface area (Å²) in [6.07, 6.45) is 17.4. The lowest BCUT2D eigenvalue weighted by atomic mass is 10.0. The third-order valence-electron chi connectivity index (χ3n) is 4.04. The molecule has 1 fully saturated rings. The normalized spacial score (nSPS) is 19.7. The van der Waals surface area contributed by atoms with Gasteiger partial charge in [0.15, 0.2) is 0 Å². The van der Waals surface area contributed by atoms with Crippen LogP contribution in [-0.4, -0.2) is 24.2 Å². The van der Waals surface area contributed by atoms with Crippen LogP contribution in [0.5, 0.6) is 0 Å². The van der Waals surface area contributed by atoms with E-state index in [9.17, 15) is 0 Å². The zero-order valence-electron chi connectivity index (χ0n) is 13.0. The lowest BCUT2D eigenvalue weighted by Gasteiger charge is -2.22. The second-order valence-corrected chi connectivity index (χ2v) is 7.20. The molecule has 1 heterocycles. The van der Waals surface area contributed by atoms with Crippen molar-refractivity contribution in [2.45, 2.75) is 90.1 Å². The Labute approximate surface area is 125 Å². The van der Waals surface area contributed by atoms with Crippen molar-refractivity contribution >= 4 is 11.8 Å². The van der Waals surface area contributed by atoms with E-state index in [1.807, 2.05) is 0 Å². The molecule has 0 bridgehead atoms. The summed E-state index contributed by atoms with van der Waals surface area (Å²) in [5.41, 5.74) is 0. The fraction of sp³-hybridized carbons (Fsp3) is 1.00. The average molecular weight is 287 g/mol. The molecular weight excluding hydrogens is 252 g/mol. The summed E-state index contributed by atoms with van der Waals surface area (Å²) < 4.78 is 5.77. The first-order valence-electron chi connectivity index (χ1n) is 8.63. The molecule has 1 aliphatic heterocycles. The zero-order valence-corrected chi connectivity index (χ0v) is 13.8. The first-order chi connectivity index (χ1) is 9.43. The molecule has 0 spiro atoms. The minimum atomic E-state index is 0.602. The van der Waals surface area contributed by atoms with E-state index in [4.69, 9.17) is 4.74 Å². The van der Waals surface area contributed by atoms with Crippen LogP contribution in [0.15, 0.2) is 0 Å². The molecule has 19 heavy (non-hydrogen) atoms. The van der Waals surface area contributed by atoms with Crippen LogP contribution in [0, 0.1) is 0 Å². The second-order valence-electron chi connectivity index (χ2n) is 5.80. The van der Waals surface area contributed by atoms with Gasteiger partial charge in [-0.3, -0.25) is 0 Å². The van der Waals surface area contributed by atoms with Crippen molar-refractivity contribution in [3.8, 4) is 0 Å². The first-order valence-corrected chi connectivity index (χ1v) is 9.78. The van der Waals surface area contributed by atoms with E-state index in [0.717, 1.165) is 6.61 Å². The molecule has 0 aromatic heterocycles. The van der Waals surface area contributed by atoms with E-state index < -0.39 is 0 Å². The topological polar surface area (TPSA) is 9.23 Å². The summed E-state index contributed by atoms with van der Waals surface area (Å²) in [6, 6.07) is 0. The van der Waals surface area contributed by atoms with Gasteiger partial charge in [0.25, 0.3) is 0 Å². The van der Waals surface area contributed by atoms with Crippen molar-refractivity contribution in [3.05, 3.63) is 0 Å². The molecule has 0 aromatic rings. The van der Waals surface area contributed by atoms with Crippen molar-refractivity contribution in [3.63, 3.8) is 0 Å². The predicted octanol–water partition coefficient (Wildman–Crippen LogP) is 5.82. The van der Waals surface area contributed by atoms with Gasteiger partial charge < -0.3 is 4.74 Å². The minimum Gasteiger partial charge on any atom is -0.378 e.